The Morgan fingerprint density at radius 3 is 3.00 bits per heavy atom. The smallest absolute Gasteiger partial charge is 0.215 e. The van der Waals surface area contributed by atoms with Crippen LogP contribution in [0, 0.1) is 18.3 Å². The molecule has 3 heterocycles. The fourth-order valence-corrected chi connectivity index (χ4v) is 3.65. The van der Waals surface area contributed by atoms with E-state index in [9.17, 15) is 0 Å². The van der Waals surface area contributed by atoms with E-state index in [1.807, 2.05) is 13.0 Å². The largest absolute Gasteiger partial charge is 0.469 e. The van der Waals surface area contributed by atoms with Crippen molar-refractivity contribution in [2.24, 2.45) is 0 Å². The van der Waals surface area contributed by atoms with Crippen molar-refractivity contribution < 1.29 is 4.42 Å². The molecule has 0 aliphatic carbocycles. The van der Waals surface area contributed by atoms with Crippen LogP contribution >= 0.6 is 34.9 Å². The molecular formula is C11H7ClN6OS2. The highest BCUT2D eigenvalue weighted by Gasteiger charge is 2.19. The summed E-state index contributed by atoms with van der Waals surface area (Å²) in [5.41, 5.74) is 1.08. The van der Waals surface area contributed by atoms with Gasteiger partial charge in [0.2, 0.25) is 5.16 Å². The predicted octanol–water partition coefficient (Wildman–Crippen LogP) is 2.69. The lowest BCUT2D eigenvalue weighted by Crippen LogP contribution is -2.11. The van der Waals surface area contributed by atoms with Crippen LogP contribution in [-0.2, 0) is 0 Å². The van der Waals surface area contributed by atoms with Gasteiger partial charge in [0, 0.05) is 0 Å². The number of hydrogen-bond donors (Lipinski definition) is 1. The number of furan rings is 1. The van der Waals surface area contributed by atoms with Gasteiger partial charge in [-0.3, -0.25) is 0 Å². The maximum Gasteiger partial charge on any atom is 0.215 e. The fourth-order valence-electron chi connectivity index (χ4n) is 1.65. The Balaban J connectivity index is 1.97. The molecule has 0 aromatic carbocycles. The summed E-state index contributed by atoms with van der Waals surface area (Å²) in [5, 5.41) is 17.8. The molecule has 0 aliphatic rings. The van der Waals surface area contributed by atoms with Crippen LogP contribution in [0.4, 0.5) is 0 Å². The number of aryl methyl sites for hydroxylation is 1. The van der Waals surface area contributed by atoms with Gasteiger partial charge in [-0.1, -0.05) is 11.6 Å². The van der Waals surface area contributed by atoms with E-state index in [4.69, 9.17) is 27.1 Å². The molecule has 7 nitrogen and oxygen atoms in total. The van der Waals surface area contributed by atoms with Crippen LogP contribution in [-0.4, -0.2) is 19.2 Å². The molecule has 0 bridgehead atoms. The third-order valence-electron chi connectivity index (χ3n) is 2.68. The van der Waals surface area contributed by atoms with E-state index in [1.165, 1.54) is 16.4 Å². The van der Waals surface area contributed by atoms with E-state index in [1.54, 1.807) is 12.3 Å². The van der Waals surface area contributed by atoms with Gasteiger partial charge in [-0.25, -0.2) is 4.68 Å². The lowest BCUT2D eigenvalue weighted by molar-refractivity contribution is 0.535. The highest BCUT2D eigenvalue weighted by Crippen LogP contribution is 2.36. The second-order valence-electron chi connectivity index (χ2n) is 3.92. The average molecular weight is 339 g/mol. The predicted molar refractivity (Wildman–Crippen MR) is 78.6 cm³/mol. The number of nitrogen functional groups attached to an aromatic ring is 1. The Labute approximate surface area is 132 Å². The summed E-state index contributed by atoms with van der Waals surface area (Å²) in [6.45, 7) is 1.81. The zero-order valence-electron chi connectivity index (χ0n) is 10.6. The minimum absolute atomic E-state index is 0.180. The summed E-state index contributed by atoms with van der Waals surface area (Å²) < 4.78 is 11.1. The molecule has 3 rings (SSSR count). The summed E-state index contributed by atoms with van der Waals surface area (Å²) in [4.78, 5) is 0. The minimum atomic E-state index is 0.180. The highest BCUT2D eigenvalue weighted by atomic mass is 35.5. The molecular weight excluding hydrogens is 332 g/mol. The van der Waals surface area contributed by atoms with Crippen molar-refractivity contribution >= 4 is 34.9 Å². The quantitative estimate of drug-likeness (QED) is 0.731. The van der Waals surface area contributed by atoms with Gasteiger partial charge in [0.25, 0.3) is 0 Å². The van der Waals surface area contributed by atoms with E-state index in [2.05, 4.69) is 14.6 Å². The number of nitriles is 1. The van der Waals surface area contributed by atoms with Gasteiger partial charge in [0.1, 0.15) is 21.6 Å². The second-order valence-corrected chi connectivity index (χ2v) is 6.28. The van der Waals surface area contributed by atoms with Gasteiger partial charge in [-0.2, -0.15) is 9.64 Å². The normalized spacial score (nSPS) is 10.7. The number of halogens is 1. The van der Waals surface area contributed by atoms with Crippen molar-refractivity contribution in [2.45, 2.75) is 16.3 Å². The minimum Gasteiger partial charge on any atom is -0.469 e. The number of nitrogens with zero attached hydrogens (tertiary/aromatic N) is 5. The Bertz CT molecular complexity index is 845. The van der Waals surface area contributed by atoms with Crippen LogP contribution < -0.4 is 5.84 Å². The van der Waals surface area contributed by atoms with Crippen molar-refractivity contribution in [3.05, 3.63) is 28.8 Å². The van der Waals surface area contributed by atoms with Crippen LogP contribution in [0.5, 0.6) is 0 Å². The molecule has 0 aliphatic heterocycles. The van der Waals surface area contributed by atoms with Crippen LogP contribution in [0.1, 0.15) is 11.3 Å². The Morgan fingerprint density at radius 2 is 2.33 bits per heavy atom. The van der Waals surface area contributed by atoms with E-state index in [0.717, 1.165) is 17.1 Å². The molecule has 0 radical (unpaired) electrons. The van der Waals surface area contributed by atoms with Crippen LogP contribution in [0.25, 0.3) is 11.4 Å². The molecule has 0 saturated heterocycles. The maximum absolute atomic E-state index is 9.06. The van der Waals surface area contributed by atoms with E-state index < -0.39 is 0 Å². The third kappa shape index (κ3) is 2.37. The fraction of sp³-hybridized carbons (Fsp3) is 0.0909. The molecule has 0 spiro atoms. The first-order chi connectivity index (χ1) is 10.1. The summed E-state index contributed by atoms with van der Waals surface area (Å²) in [5.74, 6) is 7.19. The first-order valence-corrected chi connectivity index (χ1v) is 7.56. The van der Waals surface area contributed by atoms with Gasteiger partial charge < -0.3 is 10.3 Å². The molecule has 3 aromatic rings. The van der Waals surface area contributed by atoms with Crippen molar-refractivity contribution in [3.63, 3.8) is 0 Å². The first-order valence-electron chi connectivity index (χ1n) is 5.60. The maximum atomic E-state index is 9.06. The molecule has 0 fully saturated rings. The summed E-state index contributed by atoms with van der Waals surface area (Å²) in [6, 6.07) is 3.77. The molecule has 106 valence electrons. The summed E-state index contributed by atoms with van der Waals surface area (Å²) in [6.07, 6.45) is 1.56. The van der Waals surface area contributed by atoms with Crippen LogP contribution in [0.15, 0.2) is 26.1 Å². The van der Waals surface area contributed by atoms with Gasteiger partial charge in [-0.05, 0) is 36.3 Å². The third-order valence-corrected chi connectivity index (χ3v) is 5.02. The second kappa shape index (κ2) is 5.40. The van der Waals surface area contributed by atoms with Crippen molar-refractivity contribution in [1.82, 2.24) is 19.2 Å². The first kappa shape index (κ1) is 13.9. The number of hydrogen-bond acceptors (Lipinski definition) is 8. The zero-order chi connectivity index (χ0) is 15.0. The van der Waals surface area contributed by atoms with Crippen LogP contribution in [0.3, 0.4) is 0 Å². The number of nitrogens with two attached hydrogens (primary N) is 1. The Hall–Kier alpha value is -2.02. The van der Waals surface area contributed by atoms with Crippen LogP contribution in [0.2, 0.25) is 5.15 Å². The molecule has 0 atom stereocenters. The lowest BCUT2D eigenvalue weighted by atomic mass is 10.2. The highest BCUT2D eigenvalue weighted by molar-refractivity contribution is 8.01. The van der Waals surface area contributed by atoms with Gasteiger partial charge in [0.05, 0.1) is 11.8 Å². The molecule has 2 N–H and O–H groups in total. The SMILES string of the molecule is Cc1occc1-c1nnc(Sc2snc(Cl)c2C#N)n1N. The molecule has 3 aromatic heterocycles. The molecule has 0 amide bonds. The molecule has 10 heteroatoms. The zero-order valence-corrected chi connectivity index (χ0v) is 13.0. The Morgan fingerprint density at radius 1 is 1.52 bits per heavy atom. The standard InChI is InChI=1S/C11H7ClN6OS2/c1-5-6(2-3-19-5)9-15-16-11(18(9)14)20-10-7(4-13)8(12)17-21-10/h2-3H,14H2,1H3. The van der Waals surface area contributed by atoms with Crippen molar-refractivity contribution in [2.75, 3.05) is 5.84 Å². The van der Waals surface area contributed by atoms with Gasteiger partial charge >= 0.3 is 0 Å². The Kier molecular flexibility index (Phi) is 3.59. The topological polar surface area (TPSA) is 107 Å². The van der Waals surface area contributed by atoms with E-state index >= 15 is 0 Å². The van der Waals surface area contributed by atoms with E-state index in [-0.39, 0.29) is 5.15 Å². The molecule has 0 unspecified atom stereocenters. The number of aromatic nitrogens is 4. The van der Waals surface area contributed by atoms with Crippen molar-refractivity contribution in [1.29, 1.82) is 5.26 Å². The molecule has 0 saturated carbocycles. The van der Waals surface area contributed by atoms with Gasteiger partial charge in [0.15, 0.2) is 11.0 Å². The number of rotatable bonds is 3. The summed E-state index contributed by atoms with van der Waals surface area (Å²) >= 11 is 8.15. The lowest BCUT2D eigenvalue weighted by Gasteiger charge is -2.01. The van der Waals surface area contributed by atoms with E-state index in [0.29, 0.717) is 26.5 Å². The average Bonchev–Trinajstić information content (AvgIpc) is 3.13. The molecule has 21 heavy (non-hydrogen) atoms. The van der Waals surface area contributed by atoms with Gasteiger partial charge in [-0.15, -0.1) is 10.2 Å². The van der Waals surface area contributed by atoms with Crippen molar-refractivity contribution in [3.8, 4) is 17.5 Å². The summed E-state index contributed by atoms with van der Waals surface area (Å²) in [7, 11) is 0. The monoisotopic (exact) mass is 338 g/mol.